The highest BCUT2D eigenvalue weighted by Gasteiger charge is 2.28. The maximum Gasteiger partial charge on any atom is 0.274 e. The standard InChI is InChI=1S/C25H25ClN4O2S/c1-17(19-6-8-20(26)9-7-19)32-25(2,3)22-16-33-24(28-22)29-23(31)21-5-4-14-30(21)15-18-10-12-27-13-11-18/h4-14,16-17H,15H2,1-3H3,(H,28,29,31). The van der Waals surface area contributed by atoms with Gasteiger partial charge in [0, 0.05) is 35.5 Å². The minimum absolute atomic E-state index is 0.145. The summed E-state index contributed by atoms with van der Waals surface area (Å²) in [4.78, 5) is 21.6. The number of amides is 1. The zero-order valence-electron chi connectivity index (χ0n) is 18.7. The summed E-state index contributed by atoms with van der Waals surface area (Å²) in [5.74, 6) is -0.205. The van der Waals surface area contributed by atoms with Gasteiger partial charge in [-0.1, -0.05) is 23.7 Å². The Morgan fingerprint density at radius 2 is 1.91 bits per heavy atom. The molecule has 1 unspecified atom stereocenters. The highest BCUT2D eigenvalue weighted by Crippen LogP contribution is 2.33. The van der Waals surface area contributed by atoms with E-state index in [9.17, 15) is 4.79 Å². The van der Waals surface area contributed by atoms with E-state index in [0.717, 1.165) is 16.8 Å². The first kappa shape index (κ1) is 23.2. The Bertz CT molecular complexity index is 1220. The number of aromatic nitrogens is 3. The molecule has 1 aromatic carbocycles. The Labute approximate surface area is 202 Å². The van der Waals surface area contributed by atoms with E-state index in [1.54, 1.807) is 18.5 Å². The second kappa shape index (κ2) is 9.87. The number of ether oxygens (including phenoxy) is 1. The van der Waals surface area contributed by atoms with Gasteiger partial charge in [-0.15, -0.1) is 11.3 Å². The van der Waals surface area contributed by atoms with E-state index in [2.05, 4.69) is 15.3 Å². The third-order valence-electron chi connectivity index (χ3n) is 5.32. The van der Waals surface area contributed by atoms with E-state index in [-0.39, 0.29) is 12.0 Å². The monoisotopic (exact) mass is 480 g/mol. The van der Waals surface area contributed by atoms with Gasteiger partial charge in [-0.3, -0.25) is 15.1 Å². The molecule has 0 saturated carbocycles. The number of nitrogens with zero attached hydrogens (tertiary/aromatic N) is 3. The molecule has 8 heteroatoms. The van der Waals surface area contributed by atoms with Crippen LogP contribution in [-0.4, -0.2) is 20.4 Å². The van der Waals surface area contributed by atoms with E-state index >= 15 is 0 Å². The summed E-state index contributed by atoms with van der Waals surface area (Å²) >= 11 is 7.37. The number of hydrogen-bond acceptors (Lipinski definition) is 5. The van der Waals surface area contributed by atoms with Crippen LogP contribution in [0.3, 0.4) is 0 Å². The third-order valence-corrected chi connectivity index (χ3v) is 6.33. The van der Waals surface area contributed by atoms with Crippen LogP contribution in [0.1, 0.15) is 54.2 Å². The van der Waals surface area contributed by atoms with Gasteiger partial charge in [0.25, 0.3) is 5.91 Å². The zero-order valence-corrected chi connectivity index (χ0v) is 20.2. The summed E-state index contributed by atoms with van der Waals surface area (Å²) in [5, 5.41) is 6.06. The third kappa shape index (κ3) is 5.68. The second-order valence-electron chi connectivity index (χ2n) is 8.19. The topological polar surface area (TPSA) is 69.0 Å². The van der Waals surface area contributed by atoms with Crippen molar-refractivity contribution in [2.75, 3.05) is 5.32 Å². The first-order valence-electron chi connectivity index (χ1n) is 10.6. The average Bonchev–Trinajstić information content (AvgIpc) is 3.45. The molecule has 6 nitrogen and oxygen atoms in total. The Balaban J connectivity index is 1.43. The minimum Gasteiger partial charge on any atom is -0.362 e. The molecule has 0 aliphatic heterocycles. The number of nitrogens with one attached hydrogen (secondary N) is 1. The summed E-state index contributed by atoms with van der Waals surface area (Å²) in [7, 11) is 0. The van der Waals surface area contributed by atoms with Crippen molar-refractivity contribution in [2.24, 2.45) is 0 Å². The Morgan fingerprint density at radius 1 is 1.18 bits per heavy atom. The van der Waals surface area contributed by atoms with Gasteiger partial charge in [-0.2, -0.15) is 0 Å². The van der Waals surface area contributed by atoms with Crippen molar-refractivity contribution < 1.29 is 9.53 Å². The van der Waals surface area contributed by atoms with Crippen LogP contribution in [0.25, 0.3) is 0 Å². The molecule has 0 aliphatic carbocycles. The van der Waals surface area contributed by atoms with Gasteiger partial charge in [-0.25, -0.2) is 4.98 Å². The van der Waals surface area contributed by atoms with Crippen LogP contribution >= 0.6 is 22.9 Å². The molecule has 0 spiro atoms. The van der Waals surface area contributed by atoms with Crippen LogP contribution in [0.2, 0.25) is 5.02 Å². The summed E-state index contributed by atoms with van der Waals surface area (Å²) < 4.78 is 8.21. The molecular weight excluding hydrogens is 456 g/mol. The lowest BCUT2D eigenvalue weighted by molar-refractivity contribution is -0.0724. The van der Waals surface area contributed by atoms with Crippen LogP contribution < -0.4 is 5.32 Å². The molecule has 1 N–H and O–H groups in total. The number of anilines is 1. The van der Waals surface area contributed by atoms with Crippen molar-refractivity contribution in [3.8, 4) is 0 Å². The summed E-state index contributed by atoms with van der Waals surface area (Å²) in [6.07, 6.45) is 5.23. The maximum absolute atomic E-state index is 12.9. The molecule has 4 rings (SSSR count). The number of halogens is 1. The lowest BCUT2D eigenvalue weighted by Gasteiger charge is -2.28. The van der Waals surface area contributed by atoms with E-state index in [1.165, 1.54) is 11.3 Å². The summed E-state index contributed by atoms with van der Waals surface area (Å²) in [6.45, 7) is 6.53. The summed E-state index contributed by atoms with van der Waals surface area (Å²) in [5.41, 5.74) is 2.79. The number of rotatable bonds is 8. The molecule has 33 heavy (non-hydrogen) atoms. The first-order valence-corrected chi connectivity index (χ1v) is 11.8. The molecule has 3 aromatic heterocycles. The first-order chi connectivity index (χ1) is 15.8. The molecule has 0 aliphatic rings. The Morgan fingerprint density at radius 3 is 2.64 bits per heavy atom. The normalized spacial score (nSPS) is 12.5. The number of carbonyl (C=O) groups excluding carboxylic acids is 1. The van der Waals surface area contributed by atoms with Crippen LogP contribution in [0.15, 0.2) is 72.5 Å². The van der Waals surface area contributed by atoms with Crippen LogP contribution in [0.5, 0.6) is 0 Å². The molecular formula is C25H25ClN4O2S. The predicted molar refractivity (Wildman–Crippen MR) is 132 cm³/mol. The van der Waals surface area contributed by atoms with Crippen molar-refractivity contribution in [1.29, 1.82) is 0 Å². The van der Waals surface area contributed by atoms with Crippen molar-refractivity contribution in [2.45, 2.75) is 39.0 Å². The smallest absolute Gasteiger partial charge is 0.274 e. The van der Waals surface area contributed by atoms with Gasteiger partial charge < -0.3 is 9.30 Å². The molecule has 170 valence electrons. The van der Waals surface area contributed by atoms with E-state index in [1.807, 2.05) is 79.4 Å². The van der Waals surface area contributed by atoms with Gasteiger partial charge in [0.1, 0.15) is 11.3 Å². The number of hydrogen-bond donors (Lipinski definition) is 1. The average molecular weight is 481 g/mol. The molecule has 0 saturated heterocycles. The highest BCUT2D eigenvalue weighted by molar-refractivity contribution is 7.14. The SMILES string of the molecule is CC(OC(C)(C)c1csc(NC(=O)c2cccn2Cc2ccncc2)n1)c1ccc(Cl)cc1. The van der Waals surface area contributed by atoms with Gasteiger partial charge in [-0.05, 0) is 68.3 Å². The predicted octanol–water partition coefficient (Wildman–Crippen LogP) is 6.31. The van der Waals surface area contributed by atoms with E-state index in [4.69, 9.17) is 16.3 Å². The fourth-order valence-corrected chi connectivity index (χ4v) is 4.50. The van der Waals surface area contributed by atoms with Crippen molar-refractivity contribution in [1.82, 2.24) is 14.5 Å². The Kier molecular flexibility index (Phi) is 6.93. The molecule has 4 aromatic rings. The van der Waals surface area contributed by atoms with Crippen molar-refractivity contribution in [3.63, 3.8) is 0 Å². The lowest BCUT2D eigenvalue weighted by atomic mass is 10.0. The molecule has 1 amide bonds. The fraction of sp³-hybridized carbons (Fsp3) is 0.240. The summed E-state index contributed by atoms with van der Waals surface area (Å²) in [6, 6.07) is 15.1. The van der Waals surface area contributed by atoms with E-state index in [0.29, 0.717) is 22.4 Å². The van der Waals surface area contributed by atoms with Gasteiger partial charge in [0.15, 0.2) is 5.13 Å². The zero-order chi connectivity index (χ0) is 23.4. The quantitative estimate of drug-likeness (QED) is 0.321. The van der Waals surface area contributed by atoms with Gasteiger partial charge in [0.2, 0.25) is 0 Å². The number of pyridine rings is 1. The van der Waals surface area contributed by atoms with Crippen LogP contribution in [-0.2, 0) is 16.9 Å². The maximum atomic E-state index is 12.9. The highest BCUT2D eigenvalue weighted by atomic mass is 35.5. The van der Waals surface area contributed by atoms with Crippen LogP contribution in [0, 0.1) is 0 Å². The van der Waals surface area contributed by atoms with E-state index < -0.39 is 5.60 Å². The van der Waals surface area contributed by atoms with Crippen molar-refractivity contribution >= 4 is 34.0 Å². The molecule has 3 heterocycles. The molecule has 0 fully saturated rings. The minimum atomic E-state index is -0.639. The molecule has 0 bridgehead atoms. The Hall–Kier alpha value is -3.00. The van der Waals surface area contributed by atoms with Gasteiger partial charge in [0.05, 0.1) is 11.8 Å². The largest absolute Gasteiger partial charge is 0.362 e. The second-order valence-corrected chi connectivity index (χ2v) is 9.49. The van der Waals surface area contributed by atoms with Crippen LogP contribution in [0.4, 0.5) is 5.13 Å². The number of benzene rings is 1. The van der Waals surface area contributed by atoms with Crippen molar-refractivity contribution in [3.05, 3.63) is 100 Å². The lowest BCUT2D eigenvalue weighted by Crippen LogP contribution is -2.24. The number of thiazole rings is 1. The molecule has 0 radical (unpaired) electrons. The fourth-order valence-electron chi connectivity index (χ4n) is 3.52. The molecule has 1 atom stereocenters. The number of carbonyl (C=O) groups is 1. The van der Waals surface area contributed by atoms with Gasteiger partial charge >= 0.3 is 0 Å².